The number of hydrogen-bond donors (Lipinski definition) is 2. The lowest BCUT2D eigenvalue weighted by molar-refractivity contribution is -0.121. The highest BCUT2D eigenvalue weighted by atomic mass is 35.5. The van der Waals surface area contributed by atoms with Crippen LogP contribution < -0.4 is 10.6 Å². The lowest BCUT2D eigenvalue weighted by Crippen LogP contribution is -2.35. The summed E-state index contributed by atoms with van der Waals surface area (Å²) in [6.45, 7) is 4.45. The summed E-state index contributed by atoms with van der Waals surface area (Å²) >= 11 is 6.23. The van der Waals surface area contributed by atoms with Crippen molar-refractivity contribution in [3.8, 4) is 0 Å². The van der Waals surface area contributed by atoms with Crippen molar-refractivity contribution in [3.05, 3.63) is 76.4 Å². The quantitative estimate of drug-likeness (QED) is 0.561. The number of pyridine rings is 1. The van der Waals surface area contributed by atoms with Gasteiger partial charge in [0.05, 0.1) is 11.1 Å². The lowest BCUT2D eigenvalue weighted by Gasteiger charge is -2.24. The maximum atomic E-state index is 13.6. The fourth-order valence-corrected chi connectivity index (χ4v) is 4.62. The van der Waals surface area contributed by atoms with E-state index in [2.05, 4.69) is 27.8 Å². The van der Waals surface area contributed by atoms with Crippen molar-refractivity contribution in [2.24, 2.45) is 0 Å². The first-order valence-electron chi connectivity index (χ1n) is 11.9. The van der Waals surface area contributed by atoms with Crippen LogP contribution in [0.2, 0.25) is 5.02 Å². The molecule has 2 heterocycles. The summed E-state index contributed by atoms with van der Waals surface area (Å²) < 4.78 is 0. The van der Waals surface area contributed by atoms with Crippen molar-refractivity contribution in [2.45, 2.75) is 38.6 Å². The summed E-state index contributed by atoms with van der Waals surface area (Å²) in [6, 6.07) is 17.4. The largest absolute Gasteiger partial charge is 0.356 e. The van der Waals surface area contributed by atoms with E-state index < -0.39 is 0 Å². The van der Waals surface area contributed by atoms with E-state index in [1.54, 1.807) is 6.07 Å². The van der Waals surface area contributed by atoms with E-state index in [-0.39, 0.29) is 17.9 Å². The Morgan fingerprint density at radius 2 is 1.82 bits per heavy atom. The zero-order valence-corrected chi connectivity index (χ0v) is 20.3. The Balaban J connectivity index is 1.50. The highest BCUT2D eigenvalue weighted by molar-refractivity contribution is 6.31. The van der Waals surface area contributed by atoms with Crippen LogP contribution in [0.15, 0.2) is 54.6 Å². The Kier molecular flexibility index (Phi) is 8.14. The third kappa shape index (κ3) is 6.13. The number of halogens is 1. The Bertz CT molecular complexity index is 1150. The second-order valence-corrected chi connectivity index (χ2v) is 9.23. The van der Waals surface area contributed by atoms with Crippen LogP contribution in [0, 0.1) is 6.92 Å². The van der Waals surface area contributed by atoms with Crippen molar-refractivity contribution in [1.82, 2.24) is 20.5 Å². The van der Waals surface area contributed by atoms with Gasteiger partial charge in [0.2, 0.25) is 5.91 Å². The Morgan fingerprint density at radius 1 is 1.03 bits per heavy atom. The normalized spacial score (nSPS) is 18.5. The predicted octanol–water partition coefficient (Wildman–Crippen LogP) is 4.66. The number of rotatable bonds is 2. The molecule has 0 bridgehead atoms. The fraction of sp³-hybridized carbons (Fsp3) is 0.370. The van der Waals surface area contributed by atoms with E-state index in [0.717, 1.165) is 41.5 Å². The van der Waals surface area contributed by atoms with Crippen molar-refractivity contribution in [2.75, 3.05) is 26.2 Å². The van der Waals surface area contributed by atoms with Gasteiger partial charge in [-0.1, -0.05) is 41.9 Å². The summed E-state index contributed by atoms with van der Waals surface area (Å²) in [4.78, 5) is 32.6. The number of amides is 2. The van der Waals surface area contributed by atoms with Crippen molar-refractivity contribution in [3.63, 3.8) is 0 Å². The summed E-state index contributed by atoms with van der Waals surface area (Å²) in [5, 5.41) is 7.91. The second kappa shape index (κ2) is 11.4. The molecular formula is C27H31ClN4O2. The molecule has 4 rings (SSSR count). The minimum Gasteiger partial charge on any atom is -0.356 e. The van der Waals surface area contributed by atoms with Crippen LogP contribution >= 0.6 is 11.6 Å². The molecule has 0 spiro atoms. The third-order valence-electron chi connectivity index (χ3n) is 6.18. The van der Waals surface area contributed by atoms with Gasteiger partial charge in [-0.3, -0.25) is 14.6 Å². The van der Waals surface area contributed by atoms with Gasteiger partial charge in [-0.15, -0.1) is 0 Å². The number of carbonyl (C=O) groups is 2. The molecular weight excluding hydrogens is 448 g/mol. The van der Waals surface area contributed by atoms with E-state index in [0.29, 0.717) is 43.1 Å². The highest BCUT2D eigenvalue weighted by Crippen LogP contribution is 2.24. The standard InChI is InChI=1S/C27H31ClN4O2/c1-19-16-23(22-17-21(28)10-11-24(22)31-19)27(34)32-14-6-5-12-29-25(20-8-3-2-4-9-20)18-26(33)30-13-7-15-32/h2-4,8-11,16-17,25,29H,5-7,12-15,18H2,1H3,(H,30,33). The van der Waals surface area contributed by atoms with E-state index in [4.69, 9.17) is 11.6 Å². The summed E-state index contributed by atoms with van der Waals surface area (Å²) in [6.07, 6.45) is 2.89. The van der Waals surface area contributed by atoms with Gasteiger partial charge in [0, 0.05) is 48.2 Å². The number of aromatic nitrogens is 1. The summed E-state index contributed by atoms with van der Waals surface area (Å²) in [5.74, 6) is -0.00189. The number of fused-ring (bicyclic) bond motifs is 1. The number of benzene rings is 2. The first-order chi connectivity index (χ1) is 16.5. The third-order valence-corrected chi connectivity index (χ3v) is 6.42. The van der Waals surface area contributed by atoms with Gasteiger partial charge in [-0.05, 0) is 62.6 Å². The molecule has 6 nitrogen and oxygen atoms in total. The van der Waals surface area contributed by atoms with E-state index in [1.165, 1.54) is 0 Å². The van der Waals surface area contributed by atoms with Crippen molar-refractivity contribution in [1.29, 1.82) is 0 Å². The fourth-order valence-electron chi connectivity index (χ4n) is 4.45. The van der Waals surface area contributed by atoms with Gasteiger partial charge in [-0.2, -0.15) is 0 Å². The van der Waals surface area contributed by atoms with E-state index in [1.807, 2.05) is 48.2 Å². The van der Waals surface area contributed by atoms with Gasteiger partial charge < -0.3 is 15.5 Å². The zero-order valence-electron chi connectivity index (χ0n) is 19.5. The lowest BCUT2D eigenvalue weighted by atomic mass is 10.0. The molecule has 1 aromatic heterocycles. The van der Waals surface area contributed by atoms with Crippen LogP contribution in [0.4, 0.5) is 0 Å². The average molecular weight is 479 g/mol. The molecule has 3 aromatic rings. The maximum Gasteiger partial charge on any atom is 0.254 e. The Labute approximate surface area is 205 Å². The molecule has 1 aliphatic heterocycles. The van der Waals surface area contributed by atoms with E-state index >= 15 is 0 Å². The van der Waals surface area contributed by atoms with Crippen LogP contribution in [0.1, 0.15) is 53.3 Å². The van der Waals surface area contributed by atoms with Crippen molar-refractivity contribution >= 4 is 34.3 Å². The minimum absolute atomic E-state index is 0.0175. The molecule has 0 radical (unpaired) electrons. The summed E-state index contributed by atoms with van der Waals surface area (Å²) in [7, 11) is 0. The molecule has 2 aromatic carbocycles. The van der Waals surface area contributed by atoms with Gasteiger partial charge in [0.15, 0.2) is 0 Å². The number of hydrogen-bond acceptors (Lipinski definition) is 4. The van der Waals surface area contributed by atoms with Crippen LogP contribution in [0.25, 0.3) is 10.9 Å². The van der Waals surface area contributed by atoms with Crippen LogP contribution in [-0.4, -0.2) is 47.9 Å². The Morgan fingerprint density at radius 3 is 2.65 bits per heavy atom. The molecule has 1 atom stereocenters. The molecule has 34 heavy (non-hydrogen) atoms. The number of nitrogens with zero attached hydrogens (tertiary/aromatic N) is 2. The average Bonchev–Trinajstić information content (AvgIpc) is 2.85. The molecule has 1 fully saturated rings. The number of carbonyl (C=O) groups excluding carboxylic acids is 2. The summed E-state index contributed by atoms with van der Waals surface area (Å²) in [5.41, 5.74) is 3.30. The van der Waals surface area contributed by atoms with E-state index in [9.17, 15) is 9.59 Å². The molecule has 1 unspecified atom stereocenters. The van der Waals surface area contributed by atoms with Gasteiger partial charge >= 0.3 is 0 Å². The number of nitrogens with one attached hydrogen (secondary N) is 2. The minimum atomic E-state index is -0.0194. The molecule has 1 saturated heterocycles. The van der Waals surface area contributed by atoms with Crippen LogP contribution in [0.3, 0.4) is 0 Å². The van der Waals surface area contributed by atoms with Gasteiger partial charge in [-0.25, -0.2) is 0 Å². The molecule has 7 heteroatoms. The second-order valence-electron chi connectivity index (χ2n) is 8.80. The first-order valence-corrected chi connectivity index (χ1v) is 12.3. The number of aryl methyl sites for hydroxylation is 1. The molecule has 1 aliphatic rings. The van der Waals surface area contributed by atoms with Crippen LogP contribution in [0.5, 0.6) is 0 Å². The Hall–Kier alpha value is -2.96. The SMILES string of the molecule is Cc1cc(C(=O)N2CCCCNC(c3ccccc3)CC(=O)NCCC2)c2cc(Cl)ccc2n1. The maximum absolute atomic E-state index is 13.6. The van der Waals surface area contributed by atoms with Crippen LogP contribution in [-0.2, 0) is 4.79 Å². The van der Waals surface area contributed by atoms with Gasteiger partial charge in [0.25, 0.3) is 5.91 Å². The highest BCUT2D eigenvalue weighted by Gasteiger charge is 2.21. The zero-order chi connectivity index (χ0) is 23.9. The molecule has 0 aliphatic carbocycles. The predicted molar refractivity (Wildman–Crippen MR) is 136 cm³/mol. The smallest absolute Gasteiger partial charge is 0.254 e. The topological polar surface area (TPSA) is 74.3 Å². The monoisotopic (exact) mass is 478 g/mol. The molecule has 178 valence electrons. The van der Waals surface area contributed by atoms with Gasteiger partial charge in [0.1, 0.15) is 0 Å². The molecule has 2 amide bonds. The van der Waals surface area contributed by atoms with Crippen molar-refractivity contribution < 1.29 is 9.59 Å². The molecule has 0 saturated carbocycles. The first kappa shape index (κ1) is 24.2. The molecule has 2 N–H and O–H groups in total.